The molecule has 17 heavy (non-hydrogen) atoms. The molecule has 0 aliphatic carbocycles. The van der Waals surface area contributed by atoms with E-state index in [1.54, 1.807) is 0 Å². The lowest BCUT2D eigenvalue weighted by Crippen LogP contribution is -2.56. The Bertz CT molecular complexity index is 269. The number of hydrogen-bond donors (Lipinski definition) is 1. The van der Waals surface area contributed by atoms with E-state index in [2.05, 4.69) is 0 Å². The number of carbonyl (C=O) groups is 1. The molecule has 1 heterocycles. The lowest BCUT2D eigenvalue weighted by Gasteiger charge is -2.42. The van der Waals surface area contributed by atoms with Gasteiger partial charge in [0.15, 0.2) is 0 Å². The molecule has 3 atom stereocenters. The summed E-state index contributed by atoms with van der Waals surface area (Å²) in [5.41, 5.74) is 5.51. The number of carbonyl (C=O) groups excluding carboxylic acids is 1. The van der Waals surface area contributed by atoms with Gasteiger partial charge in [-0.05, 0) is 27.7 Å². The minimum absolute atomic E-state index is 0. The minimum Gasteiger partial charge on any atom is -0.369 e. The Hall–Kier alpha value is -0.320. The molecule has 102 valence electrons. The Morgan fingerprint density at radius 3 is 2.41 bits per heavy atom. The van der Waals surface area contributed by atoms with E-state index in [4.69, 9.17) is 10.5 Å². The highest BCUT2D eigenvalue weighted by Gasteiger charge is 2.35. The highest BCUT2D eigenvalue weighted by atomic mass is 35.5. The van der Waals surface area contributed by atoms with Gasteiger partial charge in [-0.2, -0.15) is 0 Å². The van der Waals surface area contributed by atoms with E-state index in [9.17, 15) is 4.79 Å². The van der Waals surface area contributed by atoms with Crippen molar-refractivity contribution in [3.8, 4) is 0 Å². The fourth-order valence-corrected chi connectivity index (χ4v) is 2.13. The summed E-state index contributed by atoms with van der Waals surface area (Å²) in [5, 5.41) is 0. The maximum absolute atomic E-state index is 12.2. The molecule has 0 aromatic carbocycles. The van der Waals surface area contributed by atoms with Crippen LogP contribution in [0.15, 0.2) is 0 Å². The molecule has 5 heteroatoms. The SMILES string of the molecule is CC1CN(C(=O)C(C)C(C)N)CC(C)(C)O1.Cl. The molecule has 3 unspecified atom stereocenters. The van der Waals surface area contributed by atoms with Crippen molar-refractivity contribution in [1.82, 2.24) is 4.90 Å². The van der Waals surface area contributed by atoms with E-state index in [1.807, 2.05) is 39.5 Å². The Balaban J connectivity index is 0.00000256. The maximum Gasteiger partial charge on any atom is 0.227 e. The zero-order chi connectivity index (χ0) is 12.5. The molecule has 0 saturated carbocycles. The average molecular weight is 265 g/mol. The Morgan fingerprint density at radius 2 is 2.00 bits per heavy atom. The van der Waals surface area contributed by atoms with Gasteiger partial charge in [0, 0.05) is 19.1 Å². The molecule has 0 spiro atoms. The Morgan fingerprint density at radius 1 is 1.47 bits per heavy atom. The standard InChI is InChI=1S/C12H24N2O2.ClH/c1-8-6-14(7-12(4,5)16-8)11(15)9(2)10(3)13;/h8-10H,6-7,13H2,1-5H3;1H. The average Bonchev–Trinajstić information content (AvgIpc) is 2.12. The summed E-state index contributed by atoms with van der Waals surface area (Å²) in [5.74, 6) is 0.0133. The summed E-state index contributed by atoms with van der Waals surface area (Å²) in [6.45, 7) is 11.1. The van der Waals surface area contributed by atoms with Gasteiger partial charge >= 0.3 is 0 Å². The summed E-state index contributed by atoms with van der Waals surface area (Å²) in [7, 11) is 0. The van der Waals surface area contributed by atoms with Crippen molar-refractivity contribution in [3.05, 3.63) is 0 Å². The predicted octanol–water partition coefficient (Wildman–Crippen LogP) is 1.42. The van der Waals surface area contributed by atoms with E-state index in [0.717, 1.165) is 0 Å². The fraction of sp³-hybridized carbons (Fsp3) is 0.917. The molecular formula is C12H25ClN2O2. The molecule has 1 rings (SSSR count). The van der Waals surface area contributed by atoms with Crippen molar-refractivity contribution in [2.24, 2.45) is 11.7 Å². The Kier molecular flexibility index (Phi) is 5.91. The maximum atomic E-state index is 12.2. The van der Waals surface area contributed by atoms with Crippen LogP contribution in [0.25, 0.3) is 0 Å². The van der Waals surface area contributed by atoms with Crippen LogP contribution in [0.2, 0.25) is 0 Å². The molecule has 0 aromatic heterocycles. The van der Waals surface area contributed by atoms with Crippen LogP contribution in [-0.4, -0.2) is 41.6 Å². The third kappa shape index (κ3) is 4.45. The van der Waals surface area contributed by atoms with E-state index in [0.29, 0.717) is 13.1 Å². The number of hydrogen-bond acceptors (Lipinski definition) is 3. The third-order valence-electron chi connectivity index (χ3n) is 3.06. The van der Waals surface area contributed by atoms with Crippen molar-refractivity contribution < 1.29 is 9.53 Å². The molecule has 2 N–H and O–H groups in total. The number of rotatable bonds is 2. The summed E-state index contributed by atoms with van der Waals surface area (Å²) in [6.07, 6.45) is 0.0907. The first-order valence-corrected chi connectivity index (χ1v) is 5.95. The van der Waals surface area contributed by atoms with Gasteiger partial charge in [-0.25, -0.2) is 0 Å². The molecule has 1 aliphatic heterocycles. The van der Waals surface area contributed by atoms with E-state index in [1.165, 1.54) is 0 Å². The molecule has 1 saturated heterocycles. The number of ether oxygens (including phenoxy) is 1. The summed E-state index contributed by atoms with van der Waals surface area (Å²) in [4.78, 5) is 14.0. The molecular weight excluding hydrogens is 240 g/mol. The predicted molar refractivity (Wildman–Crippen MR) is 71.3 cm³/mol. The van der Waals surface area contributed by atoms with Crippen LogP contribution in [0.1, 0.15) is 34.6 Å². The quantitative estimate of drug-likeness (QED) is 0.821. The lowest BCUT2D eigenvalue weighted by atomic mass is 9.99. The van der Waals surface area contributed by atoms with Crippen LogP contribution in [0.4, 0.5) is 0 Å². The number of morpholine rings is 1. The van der Waals surface area contributed by atoms with Gasteiger partial charge < -0.3 is 15.4 Å². The van der Waals surface area contributed by atoms with Gasteiger partial charge in [0.1, 0.15) is 0 Å². The number of nitrogens with zero attached hydrogens (tertiary/aromatic N) is 1. The van der Waals surface area contributed by atoms with Crippen LogP contribution in [0, 0.1) is 5.92 Å². The third-order valence-corrected chi connectivity index (χ3v) is 3.06. The van der Waals surface area contributed by atoms with Gasteiger partial charge in [-0.1, -0.05) is 6.92 Å². The van der Waals surface area contributed by atoms with Crippen molar-refractivity contribution >= 4 is 18.3 Å². The Labute approximate surface area is 110 Å². The smallest absolute Gasteiger partial charge is 0.227 e. The van der Waals surface area contributed by atoms with E-state index < -0.39 is 0 Å². The summed E-state index contributed by atoms with van der Waals surface area (Å²) in [6, 6.07) is -0.103. The first-order valence-electron chi connectivity index (χ1n) is 5.95. The zero-order valence-electron chi connectivity index (χ0n) is 11.4. The molecule has 0 aromatic rings. The highest BCUT2D eigenvalue weighted by Crippen LogP contribution is 2.22. The zero-order valence-corrected chi connectivity index (χ0v) is 12.2. The van der Waals surface area contributed by atoms with Crippen LogP contribution < -0.4 is 5.73 Å². The fourth-order valence-electron chi connectivity index (χ4n) is 2.13. The second kappa shape index (κ2) is 6.03. The molecule has 0 bridgehead atoms. The molecule has 1 amide bonds. The van der Waals surface area contributed by atoms with Gasteiger partial charge in [0.2, 0.25) is 5.91 Å². The van der Waals surface area contributed by atoms with Gasteiger partial charge in [0.25, 0.3) is 0 Å². The number of amides is 1. The second-order valence-electron chi connectivity index (χ2n) is 5.55. The van der Waals surface area contributed by atoms with Crippen molar-refractivity contribution in [1.29, 1.82) is 0 Å². The summed E-state index contributed by atoms with van der Waals surface area (Å²) >= 11 is 0. The van der Waals surface area contributed by atoms with Crippen molar-refractivity contribution in [2.45, 2.75) is 52.4 Å². The van der Waals surface area contributed by atoms with Gasteiger partial charge in [-0.3, -0.25) is 4.79 Å². The molecule has 1 aliphatic rings. The van der Waals surface area contributed by atoms with E-state index >= 15 is 0 Å². The number of halogens is 1. The first kappa shape index (κ1) is 16.7. The van der Waals surface area contributed by atoms with Gasteiger partial charge in [-0.15, -0.1) is 12.4 Å². The van der Waals surface area contributed by atoms with Gasteiger partial charge in [0.05, 0.1) is 17.6 Å². The van der Waals surface area contributed by atoms with Crippen molar-refractivity contribution in [3.63, 3.8) is 0 Å². The van der Waals surface area contributed by atoms with Crippen molar-refractivity contribution in [2.75, 3.05) is 13.1 Å². The largest absolute Gasteiger partial charge is 0.369 e. The lowest BCUT2D eigenvalue weighted by molar-refractivity contribution is -0.161. The monoisotopic (exact) mass is 264 g/mol. The van der Waals surface area contributed by atoms with E-state index in [-0.39, 0.29) is 42.0 Å². The highest BCUT2D eigenvalue weighted by molar-refractivity contribution is 5.85. The van der Waals surface area contributed by atoms with Crippen LogP contribution in [-0.2, 0) is 9.53 Å². The topological polar surface area (TPSA) is 55.6 Å². The number of nitrogens with two attached hydrogens (primary N) is 1. The van der Waals surface area contributed by atoms with Crippen LogP contribution in [0.3, 0.4) is 0 Å². The summed E-state index contributed by atoms with van der Waals surface area (Å²) < 4.78 is 5.77. The normalized spacial score (nSPS) is 26.9. The second-order valence-corrected chi connectivity index (χ2v) is 5.55. The van der Waals surface area contributed by atoms with Crippen LogP contribution >= 0.6 is 12.4 Å². The van der Waals surface area contributed by atoms with Crippen LogP contribution in [0.5, 0.6) is 0 Å². The molecule has 1 fully saturated rings. The minimum atomic E-state index is -0.259. The molecule has 4 nitrogen and oxygen atoms in total. The molecule has 0 radical (unpaired) electrons. The first-order chi connectivity index (χ1) is 7.23.